The highest BCUT2D eigenvalue weighted by Crippen LogP contribution is 2.37. The molecule has 2 aromatic rings. The third-order valence-corrected chi connectivity index (χ3v) is 5.99. The van der Waals surface area contributed by atoms with Crippen LogP contribution in [0.4, 0.5) is 0 Å². The fourth-order valence-corrected chi connectivity index (χ4v) is 3.99. The summed E-state index contributed by atoms with van der Waals surface area (Å²) < 4.78 is 12.5. The molecule has 0 radical (unpaired) electrons. The van der Waals surface area contributed by atoms with E-state index in [0.29, 0.717) is 5.41 Å². The van der Waals surface area contributed by atoms with Gasteiger partial charge in [0, 0.05) is 33.2 Å². The molecule has 0 aliphatic carbocycles. The van der Waals surface area contributed by atoms with Crippen LogP contribution in [0.15, 0.2) is 48.5 Å². The molecule has 2 aromatic carbocycles. The smallest absolute Gasteiger partial charge is 0.119 e. The number of nitrogens with zero attached hydrogens (tertiary/aromatic N) is 1. The van der Waals surface area contributed by atoms with Crippen molar-refractivity contribution < 1.29 is 9.47 Å². The van der Waals surface area contributed by atoms with Crippen LogP contribution in [0.2, 0.25) is 0 Å². The SMILES string of the molecule is Ic1ccc(C#Cc2ccc(OCCCN3CCC4(COC4)C3)cc2)cc1. The van der Waals surface area contributed by atoms with Gasteiger partial charge in [0.15, 0.2) is 0 Å². The molecule has 0 N–H and O–H groups in total. The van der Waals surface area contributed by atoms with Crippen molar-refractivity contribution in [2.24, 2.45) is 5.41 Å². The van der Waals surface area contributed by atoms with E-state index >= 15 is 0 Å². The average molecular weight is 473 g/mol. The van der Waals surface area contributed by atoms with E-state index in [9.17, 15) is 0 Å². The van der Waals surface area contributed by atoms with Crippen molar-refractivity contribution in [3.63, 3.8) is 0 Å². The van der Waals surface area contributed by atoms with Gasteiger partial charge in [0.1, 0.15) is 5.75 Å². The minimum atomic E-state index is 0.482. The molecule has 0 bridgehead atoms. The molecule has 2 saturated heterocycles. The lowest BCUT2D eigenvalue weighted by atomic mass is 9.85. The summed E-state index contributed by atoms with van der Waals surface area (Å²) in [5.41, 5.74) is 2.52. The van der Waals surface area contributed by atoms with Gasteiger partial charge in [-0.1, -0.05) is 11.8 Å². The number of halogens is 1. The third kappa shape index (κ3) is 5.04. The molecule has 2 aliphatic heterocycles. The molecule has 0 amide bonds. The molecule has 0 unspecified atom stereocenters. The van der Waals surface area contributed by atoms with Gasteiger partial charge < -0.3 is 14.4 Å². The predicted molar refractivity (Wildman–Crippen MR) is 116 cm³/mol. The fourth-order valence-electron chi connectivity index (χ4n) is 3.64. The van der Waals surface area contributed by atoms with Gasteiger partial charge >= 0.3 is 0 Å². The Morgan fingerprint density at radius 3 is 2.26 bits per heavy atom. The van der Waals surface area contributed by atoms with Gasteiger partial charge in [0.05, 0.1) is 19.8 Å². The second kappa shape index (κ2) is 8.64. The molecular weight excluding hydrogens is 449 g/mol. The van der Waals surface area contributed by atoms with E-state index in [1.165, 1.54) is 23.1 Å². The van der Waals surface area contributed by atoms with Gasteiger partial charge in [-0.15, -0.1) is 0 Å². The number of ether oxygens (including phenoxy) is 2. The van der Waals surface area contributed by atoms with Crippen LogP contribution in [0.5, 0.6) is 5.75 Å². The number of rotatable bonds is 5. The molecule has 140 valence electrons. The number of likely N-dealkylation sites (tertiary alicyclic amines) is 1. The second-order valence-electron chi connectivity index (χ2n) is 7.50. The number of hydrogen-bond acceptors (Lipinski definition) is 3. The quantitative estimate of drug-likeness (QED) is 0.370. The van der Waals surface area contributed by atoms with E-state index in [1.807, 2.05) is 36.4 Å². The topological polar surface area (TPSA) is 21.7 Å². The first kappa shape index (κ1) is 18.8. The molecule has 1 spiro atoms. The van der Waals surface area contributed by atoms with E-state index in [2.05, 4.69) is 51.5 Å². The molecular formula is C23H24INO2. The van der Waals surface area contributed by atoms with Crippen LogP contribution in [0.25, 0.3) is 0 Å². The number of hydrogen-bond donors (Lipinski definition) is 0. The molecule has 0 atom stereocenters. The Morgan fingerprint density at radius 2 is 1.67 bits per heavy atom. The molecule has 4 rings (SSSR count). The number of benzene rings is 2. The summed E-state index contributed by atoms with van der Waals surface area (Å²) in [6, 6.07) is 16.3. The summed E-state index contributed by atoms with van der Waals surface area (Å²) in [6.07, 6.45) is 2.35. The van der Waals surface area contributed by atoms with Gasteiger partial charge in [-0.25, -0.2) is 0 Å². The second-order valence-corrected chi connectivity index (χ2v) is 8.75. The molecule has 2 fully saturated rings. The van der Waals surface area contributed by atoms with Gasteiger partial charge in [-0.05, 0) is 90.5 Å². The van der Waals surface area contributed by atoms with Crippen LogP contribution in [-0.2, 0) is 4.74 Å². The van der Waals surface area contributed by atoms with Gasteiger partial charge in [-0.3, -0.25) is 0 Å². The van der Waals surface area contributed by atoms with Crippen molar-refractivity contribution in [3.8, 4) is 17.6 Å². The zero-order valence-electron chi connectivity index (χ0n) is 15.4. The maximum atomic E-state index is 5.89. The average Bonchev–Trinajstić information content (AvgIpc) is 3.11. The highest BCUT2D eigenvalue weighted by Gasteiger charge is 2.43. The predicted octanol–water partition coefficient (Wildman–Crippen LogP) is 4.18. The van der Waals surface area contributed by atoms with Crippen molar-refractivity contribution in [2.75, 3.05) is 39.5 Å². The Labute approximate surface area is 175 Å². The van der Waals surface area contributed by atoms with E-state index < -0.39 is 0 Å². The third-order valence-electron chi connectivity index (χ3n) is 5.27. The first-order chi connectivity index (χ1) is 13.2. The standard InChI is InChI=1S/C23H24INO2/c24-21-8-4-19(5-9-21)2-3-20-6-10-22(11-7-20)27-15-1-13-25-14-12-23(16-25)17-26-18-23/h4-11H,1,12-18H2. The first-order valence-electron chi connectivity index (χ1n) is 9.51. The van der Waals surface area contributed by atoms with E-state index in [1.54, 1.807) is 0 Å². The van der Waals surface area contributed by atoms with Crippen molar-refractivity contribution in [1.82, 2.24) is 4.90 Å². The Morgan fingerprint density at radius 1 is 1.00 bits per heavy atom. The largest absolute Gasteiger partial charge is 0.494 e. The Hall–Kier alpha value is -1.55. The van der Waals surface area contributed by atoms with Gasteiger partial charge in [0.25, 0.3) is 0 Å². The van der Waals surface area contributed by atoms with E-state index in [4.69, 9.17) is 9.47 Å². The summed E-state index contributed by atoms with van der Waals surface area (Å²) in [4.78, 5) is 2.55. The fraction of sp³-hybridized carbons (Fsp3) is 0.391. The summed E-state index contributed by atoms with van der Waals surface area (Å²) in [6.45, 7) is 6.19. The molecule has 4 heteroatoms. The van der Waals surface area contributed by atoms with Crippen LogP contribution >= 0.6 is 22.6 Å². The summed E-state index contributed by atoms with van der Waals surface area (Å²) in [5.74, 6) is 7.32. The van der Waals surface area contributed by atoms with Crippen LogP contribution in [0, 0.1) is 20.8 Å². The summed E-state index contributed by atoms with van der Waals surface area (Å²) >= 11 is 2.30. The lowest BCUT2D eigenvalue weighted by molar-refractivity contribution is -0.105. The minimum Gasteiger partial charge on any atom is -0.494 e. The molecule has 3 nitrogen and oxygen atoms in total. The van der Waals surface area contributed by atoms with Crippen molar-refractivity contribution >= 4 is 22.6 Å². The maximum Gasteiger partial charge on any atom is 0.119 e. The molecule has 0 saturated carbocycles. The van der Waals surface area contributed by atoms with Crippen molar-refractivity contribution in [2.45, 2.75) is 12.8 Å². The molecule has 2 aliphatic rings. The van der Waals surface area contributed by atoms with Gasteiger partial charge in [-0.2, -0.15) is 0 Å². The normalized spacial score (nSPS) is 18.0. The highest BCUT2D eigenvalue weighted by atomic mass is 127. The molecule has 0 aromatic heterocycles. The Kier molecular flexibility index (Phi) is 6.01. The Balaban J connectivity index is 1.20. The minimum absolute atomic E-state index is 0.482. The van der Waals surface area contributed by atoms with Crippen LogP contribution in [-0.4, -0.2) is 44.4 Å². The van der Waals surface area contributed by atoms with Crippen LogP contribution in [0.3, 0.4) is 0 Å². The summed E-state index contributed by atoms with van der Waals surface area (Å²) in [7, 11) is 0. The van der Waals surface area contributed by atoms with Gasteiger partial charge in [0.2, 0.25) is 0 Å². The van der Waals surface area contributed by atoms with Crippen molar-refractivity contribution in [3.05, 3.63) is 63.2 Å². The van der Waals surface area contributed by atoms with E-state index in [0.717, 1.165) is 49.7 Å². The first-order valence-corrected chi connectivity index (χ1v) is 10.6. The maximum absolute atomic E-state index is 5.89. The van der Waals surface area contributed by atoms with Crippen molar-refractivity contribution in [1.29, 1.82) is 0 Å². The lowest BCUT2D eigenvalue weighted by Gasteiger charge is -2.37. The van der Waals surface area contributed by atoms with Crippen LogP contribution < -0.4 is 4.74 Å². The molecule has 27 heavy (non-hydrogen) atoms. The highest BCUT2D eigenvalue weighted by molar-refractivity contribution is 14.1. The summed E-state index contributed by atoms with van der Waals surface area (Å²) in [5, 5.41) is 0. The zero-order valence-corrected chi connectivity index (χ0v) is 17.6. The Bertz CT molecular complexity index is 816. The van der Waals surface area contributed by atoms with Crippen LogP contribution in [0.1, 0.15) is 24.0 Å². The van der Waals surface area contributed by atoms with E-state index in [-0.39, 0.29) is 0 Å². The monoisotopic (exact) mass is 473 g/mol. The lowest BCUT2D eigenvalue weighted by Crippen LogP contribution is -2.44. The molecule has 2 heterocycles. The zero-order chi connectivity index (χ0) is 18.5.